The first-order chi connectivity index (χ1) is 16.7. The Morgan fingerprint density at radius 1 is 1.00 bits per heavy atom. The van der Waals surface area contributed by atoms with Crippen molar-refractivity contribution in [3.05, 3.63) is 78.1 Å². The number of piperazine rings is 1. The molecule has 0 bridgehead atoms. The van der Waals surface area contributed by atoms with Crippen LogP contribution in [0.25, 0.3) is 16.9 Å². The number of ether oxygens (including phenoxy) is 1. The summed E-state index contributed by atoms with van der Waals surface area (Å²) < 4.78 is 7.11. The third-order valence-electron chi connectivity index (χ3n) is 6.37. The Bertz CT molecular complexity index is 1280. The highest BCUT2D eigenvalue weighted by Crippen LogP contribution is 2.24. The minimum Gasteiger partial charge on any atom is -0.497 e. The molecule has 1 amide bonds. The van der Waals surface area contributed by atoms with Gasteiger partial charge in [-0.1, -0.05) is 43.7 Å². The molecule has 0 N–H and O–H groups in total. The van der Waals surface area contributed by atoms with Gasteiger partial charge in [-0.15, -0.1) is 0 Å². The highest BCUT2D eigenvalue weighted by Gasteiger charge is 2.26. The minimum absolute atomic E-state index is 0.0315. The van der Waals surface area contributed by atoms with E-state index in [0.29, 0.717) is 18.7 Å². The second-order valence-corrected chi connectivity index (χ2v) is 8.51. The lowest BCUT2D eigenvalue weighted by Crippen LogP contribution is -2.49. The van der Waals surface area contributed by atoms with Crippen LogP contribution in [0.1, 0.15) is 29.4 Å². The molecule has 174 valence electrons. The fourth-order valence-corrected chi connectivity index (χ4v) is 4.52. The maximum absolute atomic E-state index is 13.6. The van der Waals surface area contributed by atoms with Crippen LogP contribution in [0.4, 0.5) is 5.69 Å². The summed E-state index contributed by atoms with van der Waals surface area (Å²) in [5, 5.41) is 4.82. The summed E-state index contributed by atoms with van der Waals surface area (Å²) in [4.78, 5) is 22.4. The van der Waals surface area contributed by atoms with Crippen molar-refractivity contribution in [2.75, 3.05) is 38.2 Å². The number of hydrogen-bond donors (Lipinski definition) is 0. The molecule has 2 aromatic heterocycles. The van der Waals surface area contributed by atoms with Crippen molar-refractivity contribution in [3.63, 3.8) is 0 Å². The minimum atomic E-state index is 0.0315. The molecular weight excluding hydrogens is 426 g/mol. The summed E-state index contributed by atoms with van der Waals surface area (Å²) >= 11 is 0. The van der Waals surface area contributed by atoms with Gasteiger partial charge < -0.3 is 14.5 Å². The number of carbonyl (C=O) groups is 1. The molecule has 1 fully saturated rings. The zero-order chi connectivity index (χ0) is 23.5. The Balaban J connectivity index is 1.37. The standard InChI is InChI=1S/C27H29N5O2/c1-3-7-25-23(19-28-26-18-24(29-32(25)26)20-8-5-4-6-9-20)27(33)31-16-14-30(15-17-31)21-10-12-22(34-2)13-11-21/h4-6,8-13,18-19H,3,7,14-17H2,1-2H3. The number of aromatic nitrogens is 3. The Labute approximate surface area is 199 Å². The van der Waals surface area contributed by atoms with Crippen LogP contribution in [0, 0.1) is 0 Å². The van der Waals surface area contributed by atoms with Crippen LogP contribution < -0.4 is 9.64 Å². The van der Waals surface area contributed by atoms with E-state index >= 15 is 0 Å². The number of nitrogens with zero attached hydrogens (tertiary/aromatic N) is 5. The molecule has 1 aliphatic rings. The topological polar surface area (TPSA) is 63.0 Å². The molecule has 3 heterocycles. The molecule has 2 aromatic carbocycles. The third kappa shape index (κ3) is 4.21. The van der Waals surface area contributed by atoms with Crippen LogP contribution in [-0.2, 0) is 6.42 Å². The molecule has 0 radical (unpaired) electrons. The van der Waals surface area contributed by atoms with E-state index in [-0.39, 0.29) is 5.91 Å². The van der Waals surface area contributed by atoms with Gasteiger partial charge in [0.25, 0.3) is 5.91 Å². The number of benzene rings is 2. The summed E-state index contributed by atoms with van der Waals surface area (Å²) in [6.45, 7) is 5.04. The predicted octanol–water partition coefficient (Wildman–Crippen LogP) is 4.32. The second kappa shape index (κ2) is 9.55. The van der Waals surface area contributed by atoms with E-state index in [1.165, 1.54) is 0 Å². The Hall–Kier alpha value is -3.87. The maximum Gasteiger partial charge on any atom is 0.257 e. The smallest absolute Gasteiger partial charge is 0.257 e. The number of rotatable bonds is 6. The van der Waals surface area contributed by atoms with Crippen molar-refractivity contribution in [2.45, 2.75) is 19.8 Å². The van der Waals surface area contributed by atoms with E-state index in [9.17, 15) is 4.79 Å². The van der Waals surface area contributed by atoms with E-state index in [4.69, 9.17) is 9.84 Å². The summed E-state index contributed by atoms with van der Waals surface area (Å²) in [6, 6.07) is 20.1. The molecule has 7 heteroatoms. The van der Waals surface area contributed by atoms with Gasteiger partial charge in [0, 0.05) is 49.7 Å². The summed E-state index contributed by atoms with van der Waals surface area (Å²) in [5.74, 6) is 0.877. The number of methoxy groups -OCH3 is 1. The van der Waals surface area contributed by atoms with Gasteiger partial charge in [-0.2, -0.15) is 5.10 Å². The lowest BCUT2D eigenvalue weighted by Gasteiger charge is -2.36. The van der Waals surface area contributed by atoms with Crippen LogP contribution in [-0.4, -0.2) is 58.7 Å². The molecule has 0 spiro atoms. The lowest BCUT2D eigenvalue weighted by molar-refractivity contribution is 0.0744. The first-order valence-corrected chi connectivity index (χ1v) is 11.8. The lowest BCUT2D eigenvalue weighted by atomic mass is 10.1. The first kappa shape index (κ1) is 21.9. The van der Waals surface area contributed by atoms with Gasteiger partial charge in [-0.25, -0.2) is 9.50 Å². The monoisotopic (exact) mass is 455 g/mol. The molecule has 0 saturated carbocycles. The van der Waals surface area contributed by atoms with Gasteiger partial charge in [0.1, 0.15) is 5.75 Å². The molecular formula is C27H29N5O2. The molecule has 7 nitrogen and oxygen atoms in total. The van der Waals surface area contributed by atoms with E-state index in [0.717, 1.165) is 60.0 Å². The van der Waals surface area contributed by atoms with Gasteiger partial charge >= 0.3 is 0 Å². The summed E-state index contributed by atoms with van der Waals surface area (Å²) in [7, 11) is 1.67. The van der Waals surface area contributed by atoms with E-state index in [1.807, 2.05) is 57.9 Å². The molecule has 1 saturated heterocycles. The van der Waals surface area contributed by atoms with Gasteiger partial charge in [0.2, 0.25) is 0 Å². The van der Waals surface area contributed by atoms with Crippen molar-refractivity contribution < 1.29 is 9.53 Å². The van der Waals surface area contributed by atoms with Crippen molar-refractivity contribution in [1.82, 2.24) is 19.5 Å². The average molecular weight is 456 g/mol. The van der Waals surface area contributed by atoms with Crippen LogP contribution >= 0.6 is 0 Å². The first-order valence-electron chi connectivity index (χ1n) is 11.8. The average Bonchev–Trinajstić information content (AvgIpc) is 3.34. The molecule has 1 aliphatic heterocycles. The van der Waals surface area contributed by atoms with Crippen LogP contribution in [0.5, 0.6) is 5.75 Å². The molecule has 0 atom stereocenters. The van der Waals surface area contributed by atoms with Crippen molar-refractivity contribution in [1.29, 1.82) is 0 Å². The highest BCUT2D eigenvalue weighted by molar-refractivity contribution is 5.95. The van der Waals surface area contributed by atoms with E-state index in [2.05, 4.69) is 28.9 Å². The molecule has 4 aromatic rings. The van der Waals surface area contributed by atoms with Crippen LogP contribution in [0.15, 0.2) is 66.9 Å². The zero-order valence-electron chi connectivity index (χ0n) is 19.6. The normalized spacial score (nSPS) is 13.9. The Kier molecular flexibility index (Phi) is 6.16. The molecule has 0 aliphatic carbocycles. The number of hydrogen-bond acceptors (Lipinski definition) is 5. The highest BCUT2D eigenvalue weighted by atomic mass is 16.5. The van der Waals surface area contributed by atoms with Crippen molar-refractivity contribution in [2.24, 2.45) is 0 Å². The Morgan fingerprint density at radius 3 is 2.41 bits per heavy atom. The number of aryl methyl sites for hydroxylation is 1. The van der Waals surface area contributed by atoms with Crippen molar-refractivity contribution >= 4 is 17.2 Å². The van der Waals surface area contributed by atoms with Gasteiger partial charge in [-0.05, 0) is 30.7 Å². The summed E-state index contributed by atoms with van der Waals surface area (Å²) in [5.41, 5.74) is 5.39. The number of carbonyl (C=O) groups excluding carboxylic acids is 1. The van der Waals surface area contributed by atoms with Crippen LogP contribution in [0.2, 0.25) is 0 Å². The van der Waals surface area contributed by atoms with Gasteiger partial charge in [-0.3, -0.25) is 4.79 Å². The molecule has 5 rings (SSSR count). The van der Waals surface area contributed by atoms with Crippen LogP contribution in [0.3, 0.4) is 0 Å². The number of anilines is 1. The predicted molar refractivity (Wildman–Crippen MR) is 134 cm³/mol. The fraction of sp³-hybridized carbons (Fsp3) is 0.296. The molecule has 0 unspecified atom stereocenters. The second-order valence-electron chi connectivity index (χ2n) is 8.51. The quantitative estimate of drug-likeness (QED) is 0.433. The zero-order valence-corrected chi connectivity index (χ0v) is 19.6. The van der Waals surface area contributed by atoms with E-state index < -0.39 is 0 Å². The largest absolute Gasteiger partial charge is 0.497 e. The maximum atomic E-state index is 13.6. The van der Waals surface area contributed by atoms with Crippen molar-refractivity contribution in [3.8, 4) is 17.0 Å². The SMILES string of the molecule is CCCc1c(C(=O)N2CCN(c3ccc(OC)cc3)CC2)cnc2cc(-c3ccccc3)nn12. The van der Waals surface area contributed by atoms with E-state index in [1.54, 1.807) is 13.3 Å². The number of fused-ring (bicyclic) bond motifs is 1. The fourth-order valence-electron chi connectivity index (χ4n) is 4.52. The third-order valence-corrected chi connectivity index (χ3v) is 6.37. The summed E-state index contributed by atoms with van der Waals surface area (Å²) in [6.07, 6.45) is 3.42. The molecule has 34 heavy (non-hydrogen) atoms. The van der Waals surface area contributed by atoms with Gasteiger partial charge in [0.05, 0.1) is 24.1 Å². The Morgan fingerprint density at radius 2 is 1.74 bits per heavy atom. The number of amides is 1. The van der Waals surface area contributed by atoms with Gasteiger partial charge in [0.15, 0.2) is 5.65 Å².